The lowest BCUT2D eigenvalue weighted by Crippen LogP contribution is -2.57. The molecule has 1 saturated heterocycles. The van der Waals surface area contributed by atoms with E-state index in [-0.39, 0.29) is 29.6 Å². The molecule has 0 spiro atoms. The van der Waals surface area contributed by atoms with Gasteiger partial charge in [0.2, 0.25) is 5.91 Å². The van der Waals surface area contributed by atoms with Crippen LogP contribution < -0.4 is 5.32 Å². The van der Waals surface area contributed by atoms with Crippen LogP contribution in [0, 0.1) is 17.3 Å². The van der Waals surface area contributed by atoms with Crippen LogP contribution in [0.3, 0.4) is 0 Å². The first-order valence-electron chi connectivity index (χ1n) is 11.5. The second-order valence-corrected chi connectivity index (χ2v) is 10.3. The molecule has 30 heavy (non-hydrogen) atoms. The van der Waals surface area contributed by atoms with Gasteiger partial charge in [0.25, 0.3) is 0 Å². The Hall–Kier alpha value is -2.04. The molecule has 166 valence electrons. The van der Waals surface area contributed by atoms with Crippen molar-refractivity contribution in [1.29, 1.82) is 0 Å². The predicted molar refractivity (Wildman–Crippen MR) is 119 cm³/mol. The molecule has 1 heterocycles. The van der Waals surface area contributed by atoms with Gasteiger partial charge in [-0.3, -0.25) is 4.79 Å². The molecule has 5 heteroatoms. The highest BCUT2D eigenvalue weighted by atomic mass is 16.6. The van der Waals surface area contributed by atoms with Crippen LogP contribution in [0.15, 0.2) is 30.3 Å². The zero-order valence-corrected chi connectivity index (χ0v) is 19.1. The van der Waals surface area contributed by atoms with Crippen molar-refractivity contribution in [2.24, 2.45) is 17.3 Å². The first-order chi connectivity index (χ1) is 14.2. The number of ether oxygens (including phenoxy) is 1. The van der Waals surface area contributed by atoms with E-state index in [1.165, 1.54) is 12.8 Å². The van der Waals surface area contributed by atoms with Crippen molar-refractivity contribution in [3.63, 3.8) is 0 Å². The van der Waals surface area contributed by atoms with Crippen molar-refractivity contribution in [3.05, 3.63) is 35.9 Å². The number of nitrogens with zero attached hydrogens (tertiary/aromatic N) is 1. The van der Waals surface area contributed by atoms with Crippen molar-refractivity contribution < 1.29 is 14.3 Å². The number of piperidine rings is 1. The summed E-state index contributed by atoms with van der Waals surface area (Å²) in [5.41, 5.74) is 0.361. The Kier molecular flexibility index (Phi) is 7.10. The summed E-state index contributed by atoms with van der Waals surface area (Å²) in [5.74, 6) is 1.32. The van der Waals surface area contributed by atoms with Crippen molar-refractivity contribution in [1.82, 2.24) is 10.2 Å². The molecule has 1 saturated carbocycles. The Morgan fingerprint density at radius 2 is 1.67 bits per heavy atom. The first-order valence-corrected chi connectivity index (χ1v) is 11.5. The van der Waals surface area contributed by atoms with Gasteiger partial charge in [-0.2, -0.15) is 0 Å². The quantitative estimate of drug-likeness (QED) is 0.741. The summed E-state index contributed by atoms with van der Waals surface area (Å²) in [6, 6.07) is 9.74. The van der Waals surface area contributed by atoms with Gasteiger partial charge in [-0.25, -0.2) is 4.79 Å². The van der Waals surface area contributed by atoms with Crippen LogP contribution in [0.4, 0.5) is 4.79 Å². The lowest BCUT2D eigenvalue weighted by molar-refractivity contribution is -0.141. The third-order valence-corrected chi connectivity index (χ3v) is 6.86. The fourth-order valence-corrected chi connectivity index (χ4v) is 5.00. The predicted octanol–water partition coefficient (Wildman–Crippen LogP) is 5.15. The standard InChI is InChI=1S/C25H38N2O3/c1-19-10-12-21(13-11-19)25(22(28)26-24(2,3)4)14-16-27(17-15-25)23(29)30-18-20-8-6-5-7-9-20/h5-9,19,21H,10-18H2,1-4H3,(H,26,28). The Balaban J connectivity index is 1.64. The first kappa shape index (κ1) is 22.6. The summed E-state index contributed by atoms with van der Waals surface area (Å²) in [7, 11) is 0. The molecule has 1 aromatic rings. The number of hydrogen-bond donors (Lipinski definition) is 1. The van der Waals surface area contributed by atoms with Crippen molar-refractivity contribution in [2.45, 2.75) is 78.4 Å². The highest BCUT2D eigenvalue weighted by Crippen LogP contribution is 2.47. The molecule has 2 amide bonds. The highest BCUT2D eigenvalue weighted by molar-refractivity contribution is 5.84. The van der Waals surface area contributed by atoms with Crippen LogP contribution in [0.2, 0.25) is 0 Å². The van der Waals surface area contributed by atoms with Gasteiger partial charge in [0, 0.05) is 18.6 Å². The average molecular weight is 415 g/mol. The molecular formula is C25H38N2O3. The summed E-state index contributed by atoms with van der Waals surface area (Å²) in [4.78, 5) is 27.8. The van der Waals surface area contributed by atoms with Crippen LogP contribution in [0.25, 0.3) is 0 Å². The van der Waals surface area contributed by atoms with Gasteiger partial charge in [0.15, 0.2) is 0 Å². The Labute approximate surface area is 181 Å². The lowest BCUT2D eigenvalue weighted by Gasteiger charge is -2.48. The normalized spacial score (nSPS) is 24.2. The molecule has 2 aliphatic rings. The number of likely N-dealkylation sites (tertiary alicyclic amines) is 1. The summed E-state index contributed by atoms with van der Waals surface area (Å²) >= 11 is 0. The van der Waals surface area contributed by atoms with Crippen LogP contribution in [0.1, 0.15) is 71.8 Å². The molecule has 0 aromatic heterocycles. The minimum absolute atomic E-state index is 0.173. The topological polar surface area (TPSA) is 58.6 Å². The Bertz CT molecular complexity index is 710. The Morgan fingerprint density at radius 3 is 2.23 bits per heavy atom. The van der Waals surface area contributed by atoms with Crippen molar-refractivity contribution in [2.75, 3.05) is 13.1 Å². The smallest absolute Gasteiger partial charge is 0.410 e. The van der Waals surface area contributed by atoms with Gasteiger partial charge in [-0.1, -0.05) is 50.1 Å². The van der Waals surface area contributed by atoms with Gasteiger partial charge in [-0.15, -0.1) is 0 Å². The number of nitrogens with one attached hydrogen (secondary N) is 1. The van der Waals surface area contributed by atoms with Crippen LogP contribution in [-0.2, 0) is 16.1 Å². The van der Waals surface area contributed by atoms with E-state index < -0.39 is 0 Å². The Morgan fingerprint density at radius 1 is 1.07 bits per heavy atom. The second kappa shape index (κ2) is 9.40. The fraction of sp³-hybridized carbons (Fsp3) is 0.680. The van der Waals surface area contributed by atoms with E-state index in [4.69, 9.17) is 4.74 Å². The second-order valence-electron chi connectivity index (χ2n) is 10.3. The van der Waals surface area contributed by atoms with Gasteiger partial charge >= 0.3 is 6.09 Å². The number of rotatable bonds is 4. The number of amides is 2. The largest absolute Gasteiger partial charge is 0.445 e. The lowest BCUT2D eigenvalue weighted by atomic mass is 9.62. The molecular weight excluding hydrogens is 376 g/mol. The molecule has 2 fully saturated rings. The van der Waals surface area contributed by atoms with E-state index >= 15 is 0 Å². The zero-order chi connectivity index (χ0) is 21.8. The van der Waals surface area contributed by atoms with Crippen LogP contribution in [-0.4, -0.2) is 35.5 Å². The maximum Gasteiger partial charge on any atom is 0.410 e. The van der Waals surface area contributed by atoms with E-state index in [2.05, 4.69) is 12.2 Å². The zero-order valence-electron chi connectivity index (χ0n) is 19.1. The maximum atomic E-state index is 13.5. The number of carbonyl (C=O) groups is 2. The third-order valence-electron chi connectivity index (χ3n) is 6.86. The number of benzene rings is 1. The van der Waals surface area contributed by atoms with Gasteiger partial charge in [-0.05, 0) is 63.9 Å². The molecule has 5 nitrogen and oxygen atoms in total. The molecule has 1 aliphatic carbocycles. The van der Waals surface area contributed by atoms with Gasteiger partial charge in [0.05, 0.1) is 5.41 Å². The molecule has 0 atom stereocenters. The number of carbonyl (C=O) groups excluding carboxylic acids is 2. The van der Waals surface area contributed by atoms with Crippen molar-refractivity contribution in [3.8, 4) is 0 Å². The minimum atomic E-state index is -0.371. The summed E-state index contributed by atoms with van der Waals surface area (Å²) in [5, 5.41) is 3.26. The SMILES string of the molecule is CC1CCC(C2(C(=O)NC(C)(C)C)CCN(C(=O)OCc3ccccc3)CC2)CC1. The molecule has 1 aromatic carbocycles. The van der Waals surface area contributed by atoms with E-state index in [0.29, 0.717) is 31.8 Å². The number of hydrogen-bond acceptors (Lipinski definition) is 3. The van der Waals surface area contributed by atoms with Crippen molar-refractivity contribution >= 4 is 12.0 Å². The molecule has 1 N–H and O–H groups in total. The van der Waals surface area contributed by atoms with E-state index in [0.717, 1.165) is 24.3 Å². The summed E-state index contributed by atoms with van der Waals surface area (Å²) in [6.07, 6.45) is 5.76. The van der Waals surface area contributed by atoms with Gasteiger partial charge < -0.3 is 15.0 Å². The molecule has 0 unspecified atom stereocenters. The summed E-state index contributed by atoms with van der Waals surface area (Å²) in [6.45, 7) is 9.87. The maximum absolute atomic E-state index is 13.5. The molecule has 0 bridgehead atoms. The third kappa shape index (κ3) is 5.55. The van der Waals surface area contributed by atoms with Crippen LogP contribution in [0.5, 0.6) is 0 Å². The van der Waals surface area contributed by atoms with Crippen LogP contribution >= 0.6 is 0 Å². The van der Waals surface area contributed by atoms with E-state index in [1.807, 2.05) is 51.1 Å². The molecule has 0 radical (unpaired) electrons. The fourth-order valence-electron chi connectivity index (χ4n) is 5.00. The molecule has 3 rings (SSSR count). The van der Waals surface area contributed by atoms with E-state index in [1.54, 1.807) is 4.90 Å². The summed E-state index contributed by atoms with van der Waals surface area (Å²) < 4.78 is 5.52. The molecule has 1 aliphatic heterocycles. The minimum Gasteiger partial charge on any atom is -0.445 e. The highest BCUT2D eigenvalue weighted by Gasteiger charge is 2.49. The van der Waals surface area contributed by atoms with E-state index in [9.17, 15) is 9.59 Å². The monoisotopic (exact) mass is 414 g/mol. The average Bonchev–Trinajstić information content (AvgIpc) is 2.72. The van der Waals surface area contributed by atoms with Gasteiger partial charge in [0.1, 0.15) is 6.61 Å².